The molecule has 1 aromatic rings. The third-order valence-electron chi connectivity index (χ3n) is 4.97. The van der Waals surface area contributed by atoms with E-state index in [9.17, 15) is 0 Å². The standard InChI is InChI=1S/C16H22BrNO/c1-3-19-15-10-14(16(15)7-4-8-16)18-13-9-12(17)6-5-11(13)2/h5-6,9,14-15,18H,3-4,7-8,10H2,1-2H3. The van der Waals surface area contributed by atoms with Gasteiger partial charge in [-0.3, -0.25) is 0 Å². The lowest BCUT2D eigenvalue weighted by molar-refractivity contribution is -0.157. The van der Waals surface area contributed by atoms with Crippen LogP contribution in [0.1, 0.15) is 38.2 Å². The minimum absolute atomic E-state index is 0.421. The zero-order valence-corrected chi connectivity index (χ0v) is 13.3. The molecule has 3 rings (SSSR count). The number of ether oxygens (including phenoxy) is 1. The lowest BCUT2D eigenvalue weighted by Gasteiger charge is -2.61. The van der Waals surface area contributed by atoms with E-state index in [-0.39, 0.29) is 0 Å². The molecule has 0 saturated heterocycles. The zero-order chi connectivity index (χ0) is 13.5. The van der Waals surface area contributed by atoms with Gasteiger partial charge in [0.2, 0.25) is 0 Å². The molecule has 2 saturated carbocycles. The highest BCUT2D eigenvalue weighted by Gasteiger charge is 2.58. The van der Waals surface area contributed by atoms with Gasteiger partial charge in [-0.2, -0.15) is 0 Å². The molecule has 2 atom stereocenters. The number of hydrogen-bond donors (Lipinski definition) is 1. The molecule has 0 aromatic heterocycles. The molecule has 0 aliphatic heterocycles. The Balaban J connectivity index is 1.72. The van der Waals surface area contributed by atoms with Gasteiger partial charge >= 0.3 is 0 Å². The average Bonchev–Trinajstić information content (AvgIpc) is 2.30. The number of hydrogen-bond acceptors (Lipinski definition) is 2. The minimum atomic E-state index is 0.421. The van der Waals surface area contributed by atoms with E-state index < -0.39 is 0 Å². The van der Waals surface area contributed by atoms with Crippen LogP contribution >= 0.6 is 15.9 Å². The lowest BCUT2D eigenvalue weighted by Crippen LogP contribution is -2.64. The first-order valence-corrected chi connectivity index (χ1v) is 8.09. The minimum Gasteiger partial charge on any atom is -0.381 e. The Morgan fingerprint density at radius 1 is 1.42 bits per heavy atom. The number of halogens is 1. The smallest absolute Gasteiger partial charge is 0.0670 e. The summed E-state index contributed by atoms with van der Waals surface area (Å²) in [5.74, 6) is 0. The molecule has 0 heterocycles. The van der Waals surface area contributed by atoms with Crippen molar-refractivity contribution in [1.82, 2.24) is 0 Å². The first-order chi connectivity index (χ1) is 9.15. The van der Waals surface area contributed by atoms with Crippen molar-refractivity contribution in [3.63, 3.8) is 0 Å². The van der Waals surface area contributed by atoms with E-state index in [1.54, 1.807) is 0 Å². The molecule has 1 aromatic carbocycles. The van der Waals surface area contributed by atoms with Crippen LogP contribution in [0.2, 0.25) is 0 Å². The largest absolute Gasteiger partial charge is 0.381 e. The van der Waals surface area contributed by atoms with Crippen LogP contribution in [0, 0.1) is 12.3 Å². The second-order valence-corrected chi connectivity index (χ2v) is 6.84. The third kappa shape index (κ3) is 2.21. The summed E-state index contributed by atoms with van der Waals surface area (Å²) < 4.78 is 7.05. The van der Waals surface area contributed by atoms with Crippen LogP contribution in [0.25, 0.3) is 0 Å². The molecule has 2 aliphatic carbocycles. The van der Waals surface area contributed by atoms with Crippen LogP contribution in [0.3, 0.4) is 0 Å². The van der Waals surface area contributed by atoms with Crippen molar-refractivity contribution in [3.8, 4) is 0 Å². The Kier molecular flexibility index (Phi) is 3.61. The van der Waals surface area contributed by atoms with Crippen LogP contribution in [0.5, 0.6) is 0 Å². The highest BCUT2D eigenvalue weighted by Crippen LogP contribution is 2.58. The van der Waals surface area contributed by atoms with Crippen molar-refractivity contribution < 1.29 is 4.74 Å². The van der Waals surface area contributed by atoms with Gasteiger partial charge in [0.1, 0.15) is 0 Å². The molecule has 104 valence electrons. The summed E-state index contributed by atoms with van der Waals surface area (Å²) in [4.78, 5) is 0. The number of nitrogens with one attached hydrogen (secondary N) is 1. The van der Waals surface area contributed by atoms with E-state index in [0.717, 1.165) is 17.5 Å². The maximum absolute atomic E-state index is 5.91. The van der Waals surface area contributed by atoms with Gasteiger partial charge in [-0.15, -0.1) is 0 Å². The van der Waals surface area contributed by atoms with Crippen molar-refractivity contribution in [3.05, 3.63) is 28.2 Å². The normalized spacial score (nSPS) is 27.7. The zero-order valence-electron chi connectivity index (χ0n) is 11.7. The van der Waals surface area contributed by atoms with Crippen LogP contribution in [0.15, 0.2) is 22.7 Å². The summed E-state index contributed by atoms with van der Waals surface area (Å²) in [6, 6.07) is 7.04. The van der Waals surface area contributed by atoms with Gasteiger partial charge in [-0.1, -0.05) is 28.4 Å². The maximum Gasteiger partial charge on any atom is 0.0670 e. The van der Waals surface area contributed by atoms with Gasteiger partial charge in [0.05, 0.1) is 6.10 Å². The summed E-state index contributed by atoms with van der Waals surface area (Å²) in [7, 11) is 0. The molecule has 2 aliphatic rings. The molecule has 2 fully saturated rings. The molecular formula is C16H22BrNO. The Morgan fingerprint density at radius 2 is 2.21 bits per heavy atom. The average molecular weight is 324 g/mol. The van der Waals surface area contributed by atoms with Gasteiger partial charge in [0, 0.05) is 28.2 Å². The van der Waals surface area contributed by atoms with Crippen molar-refractivity contribution in [2.75, 3.05) is 11.9 Å². The Morgan fingerprint density at radius 3 is 2.84 bits per heavy atom. The fourth-order valence-corrected chi connectivity index (χ4v) is 3.94. The molecule has 0 amide bonds. The van der Waals surface area contributed by atoms with Crippen LogP contribution < -0.4 is 5.32 Å². The second-order valence-electron chi connectivity index (χ2n) is 5.92. The van der Waals surface area contributed by atoms with Gasteiger partial charge in [-0.25, -0.2) is 0 Å². The number of rotatable bonds is 4. The molecule has 2 unspecified atom stereocenters. The Bertz CT molecular complexity index is 470. The summed E-state index contributed by atoms with van der Waals surface area (Å²) >= 11 is 3.56. The molecule has 1 N–H and O–H groups in total. The molecule has 0 bridgehead atoms. The van der Waals surface area contributed by atoms with E-state index >= 15 is 0 Å². The van der Waals surface area contributed by atoms with Gasteiger partial charge in [0.25, 0.3) is 0 Å². The number of benzene rings is 1. The Hall–Kier alpha value is -0.540. The first-order valence-electron chi connectivity index (χ1n) is 7.30. The van der Waals surface area contributed by atoms with E-state index in [1.165, 1.54) is 30.5 Å². The molecular weight excluding hydrogens is 302 g/mol. The maximum atomic E-state index is 5.91. The van der Waals surface area contributed by atoms with E-state index in [4.69, 9.17) is 4.74 Å². The molecule has 3 heteroatoms. The monoisotopic (exact) mass is 323 g/mol. The highest BCUT2D eigenvalue weighted by atomic mass is 79.9. The summed E-state index contributed by atoms with van der Waals surface area (Å²) in [6.45, 7) is 5.11. The van der Waals surface area contributed by atoms with Crippen molar-refractivity contribution in [1.29, 1.82) is 0 Å². The fourth-order valence-electron chi connectivity index (χ4n) is 3.58. The molecule has 2 nitrogen and oxygen atoms in total. The van der Waals surface area contributed by atoms with Crippen molar-refractivity contribution in [2.45, 2.75) is 51.7 Å². The van der Waals surface area contributed by atoms with Crippen molar-refractivity contribution in [2.24, 2.45) is 5.41 Å². The van der Waals surface area contributed by atoms with Crippen LogP contribution in [-0.2, 0) is 4.74 Å². The number of anilines is 1. The van der Waals surface area contributed by atoms with Gasteiger partial charge in [0.15, 0.2) is 0 Å². The van der Waals surface area contributed by atoms with Gasteiger partial charge < -0.3 is 10.1 Å². The fraction of sp³-hybridized carbons (Fsp3) is 0.625. The highest BCUT2D eigenvalue weighted by molar-refractivity contribution is 9.10. The molecule has 19 heavy (non-hydrogen) atoms. The first kappa shape index (κ1) is 13.4. The SMILES string of the molecule is CCOC1CC(Nc2cc(Br)ccc2C)C12CCC2. The molecule has 0 radical (unpaired) electrons. The molecule has 1 spiro atoms. The lowest BCUT2D eigenvalue weighted by atomic mass is 9.51. The summed E-state index contributed by atoms with van der Waals surface area (Å²) in [5, 5.41) is 3.76. The second kappa shape index (κ2) is 5.10. The van der Waals surface area contributed by atoms with E-state index in [2.05, 4.69) is 53.3 Å². The third-order valence-corrected chi connectivity index (χ3v) is 5.46. The van der Waals surface area contributed by atoms with Crippen molar-refractivity contribution >= 4 is 21.6 Å². The van der Waals surface area contributed by atoms with E-state index in [1.807, 2.05) is 0 Å². The van der Waals surface area contributed by atoms with Gasteiger partial charge in [-0.05, 0) is 50.8 Å². The topological polar surface area (TPSA) is 21.3 Å². The van der Waals surface area contributed by atoms with Crippen LogP contribution in [-0.4, -0.2) is 18.8 Å². The predicted molar refractivity (Wildman–Crippen MR) is 82.6 cm³/mol. The number of aryl methyl sites for hydroxylation is 1. The summed E-state index contributed by atoms with van der Waals surface area (Å²) in [5.41, 5.74) is 3.00. The quantitative estimate of drug-likeness (QED) is 0.879. The predicted octanol–water partition coefficient (Wildman–Crippen LogP) is 4.52. The summed E-state index contributed by atoms with van der Waals surface area (Å²) in [6.07, 6.45) is 5.64. The van der Waals surface area contributed by atoms with Crippen LogP contribution in [0.4, 0.5) is 5.69 Å². The van der Waals surface area contributed by atoms with E-state index in [0.29, 0.717) is 17.6 Å². The Labute approximate surface area is 124 Å².